The number of aliphatic hydroxyl groups is 1. The molecule has 0 spiro atoms. The molecule has 2 nitrogen and oxygen atoms in total. The van der Waals surface area contributed by atoms with Crippen LogP contribution in [0, 0.1) is 0 Å². The van der Waals surface area contributed by atoms with Crippen LogP contribution in [-0.4, -0.2) is 75.1 Å². The first-order valence-corrected chi connectivity index (χ1v) is 9.17. The van der Waals surface area contributed by atoms with Gasteiger partial charge in [0.1, 0.15) is 0 Å². The van der Waals surface area contributed by atoms with Crippen LogP contribution in [0.5, 0.6) is 0 Å². The maximum Gasteiger partial charge on any atom is 0.460 e. The monoisotopic (exact) mass is 665 g/mol. The van der Waals surface area contributed by atoms with Crippen LogP contribution in [-0.2, 0) is 0 Å². The molecule has 0 radical (unpaired) electrons. The summed E-state index contributed by atoms with van der Waals surface area (Å²) in [4.78, 5) is 0. The van der Waals surface area contributed by atoms with Crippen molar-refractivity contribution in [2.75, 3.05) is 0 Å². The molecular formula is C16H6F23NO. The van der Waals surface area contributed by atoms with Gasteiger partial charge in [-0.25, -0.2) is 0 Å². The van der Waals surface area contributed by atoms with Crippen LogP contribution in [0.25, 0.3) is 0 Å². The van der Waals surface area contributed by atoms with E-state index in [1.165, 1.54) is 0 Å². The first-order valence-electron chi connectivity index (χ1n) is 9.17. The van der Waals surface area contributed by atoms with Gasteiger partial charge in [-0.15, -0.1) is 0 Å². The average molecular weight is 665 g/mol. The van der Waals surface area contributed by atoms with Crippen LogP contribution in [0.2, 0.25) is 0 Å². The Morgan fingerprint density at radius 3 is 0.829 bits per heavy atom. The van der Waals surface area contributed by atoms with Gasteiger partial charge in [-0.3, -0.25) is 0 Å². The summed E-state index contributed by atoms with van der Waals surface area (Å²) in [5.41, 5.74) is 0. The third-order valence-corrected chi connectivity index (χ3v) is 5.16. The normalized spacial score (nSPS) is 17.2. The SMILES string of the molecule is OC(n1cccc1)C(F)(F)C(F)(F)C(F)(F)C(F)(F)C(F)(F)C(F)(F)C(F)(F)C(F)(F)C(F)(F)C(F)(F)C(F)(F)F. The third kappa shape index (κ3) is 4.36. The predicted octanol–water partition coefficient (Wildman–Crippen LogP) is 7.89. The second-order valence-corrected chi connectivity index (χ2v) is 7.79. The minimum absolute atomic E-state index is 0.0766. The van der Waals surface area contributed by atoms with Crippen molar-refractivity contribution < 1.29 is 106 Å². The van der Waals surface area contributed by atoms with Crippen molar-refractivity contribution >= 4 is 0 Å². The van der Waals surface area contributed by atoms with Gasteiger partial charge < -0.3 is 9.67 Å². The zero-order chi connectivity index (χ0) is 33.5. The zero-order valence-electron chi connectivity index (χ0n) is 18.0. The minimum Gasteiger partial charge on any atom is -0.368 e. The van der Waals surface area contributed by atoms with Crippen molar-refractivity contribution in [3.63, 3.8) is 0 Å². The number of aromatic nitrogens is 1. The molecule has 0 fully saturated rings. The number of hydrogen-bond acceptors (Lipinski definition) is 1. The van der Waals surface area contributed by atoms with Gasteiger partial charge in [0.15, 0.2) is 0 Å². The molecule has 1 unspecified atom stereocenters. The van der Waals surface area contributed by atoms with Gasteiger partial charge in [-0.1, -0.05) is 0 Å². The summed E-state index contributed by atoms with van der Waals surface area (Å²) in [5, 5.41) is 9.09. The maximum atomic E-state index is 13.9. The molecular weight excluding hydrogens is 659 g/mol. The van der Waals surface area contributed by atoms with Gasteiger partial charge >= 0.3 is 65.4 Å². The van der Waals surface area contributed by atoms with Crippen molar-refractivity contribution in [2.24, 2.45) is 0 Å². The zero-order valence-corrected chi connectivity index (χ0v) is 18.0. The average Bonchev–Trinajstić information content (AvgIpc) is 3.31. The van der Waals surface area contributed by atoms with Gasteiger partial charge in [0.2, 0.25) is 6.23 Å². The molecule has 0 aliphatic rings. The third-order valence-electron chi connectivity index (χ3n) is 5.16. The van der Waals surface area contributed by atoms with Crippen molar-refractivity contribution in [1.82, 2.24) is 4.57 Å². The highest BCUT2D eigenvalue weighted by Crippen LogP contribution is 2.67. The molecule has 1 heterocycles. The summed E-state index contributed by atoms with van der Waals surface area (Å²) < 4.78 is 306. The number of aliphatic hydroxyl groups excluding tert-OH is 1. The Balaban J connectivity index is 3.83. The molecule has 1 aromatic heterocycles. The lowest BCUT2D eigenvalue weighted by molar-refractivity contribution is -0.480. The molecule has 242 valence electrons. The first-order chi connectivity index (χ1) is 17.5. The molecule has 1 N–H and O–H groups in total. The molecule has 0 aromatic carbocycles. The smallest absolute Gasteiger partial charge is 0.368 e. The highest BCUT2D eigenvalue weighted by molar-refractivity contribution is 5.19. The molecule has 1 atom stereocenters. The second-order valence-electron chi connectivity index (χ2n) is 7.79. The Kier molecular flexibility index (Phi) is 8.33. The van der Waals surface area contributed by atoms with Crippen molar-refractivity contribution in [2.45, 2.75) is 71.6 Å². The Hall–Kier alpha value is -2.37. The van der Waals surface area contributed by atoms with Gasteiger partial charge in [-0.05, 0) is 12.1 Å². The highest BCUT2D eigenvalue weighted by Gasteiger charge is 2.99. The summed E-state index contributed by atoms with van der Waals surface area (Å²) in [6, 6.07) is 1.05. The number of alkyl halides is 23. The van der Waals surface area contributed by atoms with Crippen molar-refractivity contribution in [3.8, 4) is 0 Å². The Morgan fingerprint density at radius 2 is 0.585 bits per heavy atom. The number of halogens is 23. The first kappa shape index (κ1) is 36.7. The molecule has 0 saturated carbocycles. The fraction of sp³-hybridized carbons (Fsp3) is 0.750. The van der Waals surface area contributed by atoms with E-state index >= 15 is 0 Å². The van der Waals surface area contributed by atoms with Gasteiger partial charge in [-0.2, -0.15) is 101 Å². The number of nitrogens with zero attached hydrogens (tertiary/aromatic N) is 1. The van der Waals surface area contributed by atoms with E-state index in [0.717, 1.165) is 0 Å². The quantitative estimate of drug-likeness (QED) is 0.239. The molecule has 0 amide bonds. The second kappa shape index (κ2) is 9.31. The molecule has 41 heavy (non-hydrogen) atoms. The van der Waals surface area contributed by atoms with E-state index in [0.29, 0.717) is 12.1 Å². The van der Waals surface area contributed by atoms with E-state index in [2.05, 4.69) is 0 Å². The summed E-state index contributed by atoms with van der Waals surface area (Å²) in [6.07, 6.45) is -12.5. The van der Waals surface area contributed by atoms with Crippen LogP contribution in [0.4, 0.5) is 101 Å². The van der Waals surface area contributed by atoms with Crippen LogP contribution in [0.15, 0.2) is 24.5 Å². The maximum absolute atomic E-state index is 13.9. The molecule has 1 rings (SSSR count). The summed E-state index contributed by atoms with van der Waals surface area (Å²) in [6.45, 7) is 0. The Morgan fingerprint density at radius 1 is 0.366 bits per heavy atom. The van der Waals surface area contributed by atoms with Crippen LogP contribution < -0.4 is 0 Å². The molecule has 0 aliphatic carbocycles. The standard InChI is InChI=1S/C16H6F23NO/c17-6(18,5(41)40-3-1-2-4-40)7(19,20)8(21,22)9(23,24)10(25,26)11(27,28)12(29,30)13(31,32)14(33,34)15(35,36)16(37,38)39/h1-5,41H. The van der Waals surface area contributed by atoms with Crippen molar-refractivity contribution in [1.29, 1.82) is 0 Å². The van der Waals surface area contributed by atoms with E-state index < -0.39 is 76.2 Å². The van der Waals surface area contributed by atoms with Crippen LogP contribution >= 0.6 is 0 Å². The lowest BCUT2D eigenvalue weighted by Gasteiger charge is -2.45. The lowest BCUT2D eigenvalue weighted by Crippen LogP contribution is -2.77. The van der Waals surface area contributed by atoms with Crippen LogP contribution in [0.1, 0.15) is 6.23 Å². The highest BCUT2D eigenvalue weighted by atomic mass is 19.4. The fourth-order valence-corrected chi connectivity index (χ4v) is 2.63. The largest absolute Gasteiger partial charge is 0.460 e. The van der Waals surface area contributed by atoms with E-state index in [9.17, 15) is 101 Å². The van der Waals surface area contributed by atoms with E-state index in [-0.39, 0.29) is 12.4 Å². The van der Waals surface area contributed by atoms with E-state index in [1.54, 1.807) is 0 Å². The van der Waals surface area contributed by atoms with E-state index in [1.807, 2.05) is 0 Å². The number of rotatable bonds is 11. The Bertz CT molecular complexity index is 1070. The number of hydrogen-bond donors (Lipinski definition) is 1. The summed E-state index contributed by atoms with van der Waals surface area (Å²) in [7, 11) is 0. The van der Waals surface area contributed by atoms with Gasteiger partial charge in [0.25, 0.3) is 0 Å². The summed E-state index contributed by atoms with van der Waals surface area (Å²) in [5.74, 6) is -88.7. The summed E-state index contributed by atoms with van der Waals surface area (Å²) >= 11 is 0. The lowest BCUT2D eigenvalue weighted by atomic mass is 9.85. The molecule has 0 saturated heterocycles. The van der Waals surface area contributed by atoms with Gasteiger partial charge in [0, 0.05) is 12.4 Å². The Labute approximate surface area is 208 Å². The predicted molar refractivity (Wildman–Crippen MR) is 81.2 cm³/mol. The fourth-order valence-electron chi connectivity index (χ4n) is 2.63. The van der Waals surface area contributed by atoms with Crippen LogP contribution in [0.3, 0.4) is 0 Å². The minimum atomic E-state index is -9.45. The van der Waals surface area contributed by atoms with Gasteiger partial charge in [0.05, 0.1) is 0 Å². The molecule has 1 aromatic rings. The molecule has 0 bridgehead atoms. The molecule has 0 aliphatic heterocycles. The molecule has 25 heteroatoms. The van der Waals surface area contributed by atoms with Crippen molar-refractivity contribution in [3.05, 3.63) is 24.5 Å². The topological polar surface area (TPSA) is 25.2 Å². The van der Waals surface area contributed by atoms with E-state index in [4.69, 9.17) is 5.11 Å².